The predicted octanol–water partition coefficient (Wildman–Crippen LogP) is 9.58. The van der Waals surface area contributed by atoms with Gasteiger partial charge in [0.2, 0.25) is 0 Å². The van der Waals surface area contributed by atoms with Gasteiger partial charge in [0.25, 0.3) is 0 Å². The zero-order valence-electron chi connectivity index (χ0n) is 19.0. The zero-order chi connectivity index (χ0) is 23.0. The number of nitrogens with zero attached hydrogens (tertiary/aromatic N) is 1. The van der Waals surface area contributed by atoms with E-state index in [-0.39, 0.29) is 5.41 Å². The van der Waals surface area contributed by atoms with Gasteiger partial charge >= 0.3 is 0 Å². The van der Waals surface area contributed by atoms with E-state index in [1.54, 1.807) is 0 Å². The van der Waals surface area contributed by atoms with E-state index < -0.39 is 0 Å². The van der Waals surface area contributed by atoms with Gasteiger partial charge in [0.05, 0.1) is 20.5 Å². The van der Waals surface area contributed by atoms with E-state index in [2.05, 4.69) is 131 Å². The van der Waals surface area contributed by atoms with E-state index in [0.717, 1.165) is 0 Å². The van der Waals surface area contributed by atoms with Crippen molar-refractivity contribution in [3.05, 3.63) is 111 Å². The van der Waals surface area contributed by atoms with Crippen molar-refractivity contribution in [2.45, 2.75) is 19.3 Å². The quantitative estimate of drug-likeness (QED) is 0.214. The monoisotopic (exact) mass is 519 g/mol. The number of benzene rings is 4. The normalized spacial score (nSPS) is 14.0. The summed E-state index contributed by atoms with van der Waals surface area (Å²) in [6.07, 6.45) is 0. The van der Waals surface area contributed by atoms with Crippen molar-refractivity contribution in [2.24, 2.45) is 0 Å². The van der Waals surface area contributed by atoms with Crippen molar-refractivity contribution in [3.63, 3.8) is 0 Å². The Morgan fingerprint density at radius 3 is 2.03 bits per heavy atom. The lowest BCUT2D eigenvalue weighted by atomic mass is 9.78. The fraction of sp³-hybridized carbons (Fsp3) is 0.0968. The molecule has 1 aliphatic heterocycles. The average molecular weight is 520 g/mol. The molecule has 4 aromatic carbocycles. The van der Waals surface area contributed by atoms with Crippen molar-refractivity contribution >= 4 is 49.1 Å². The van der Waals surface area contributed by atoms with Crippen LogP contribution in [0.25, 0.3) is 49.7 Å². The molecule has 0 aliphatic carbocycles. The van der Waals surface area contributed by atoms with Crippen LogP contribution in [0.4, 0.5) is 0 Å². The zero-order valence-corrected chi connectivity index (χ0v) is 21.4. The van der Waals surface area contributed by atoms with Gasteiger partial charge in [-0.25, -0.2) is 0 Å². The molecule has 0 fully saturated rings. The standard InChI is InChI=1S/C31H22BrNS/c1-31(2)25-17-22(20-11-7-4-8-12-20)16-24-23-15-21(19-9-5-3-6-10-19)13-14-26(23)33(29(24)25)27-18-28(32)34-30(27)31/h3-18H,1-2H3. The molecule has 6 aromatic rings. The van der Waals surface area contributed by atoms with E-state index in [1.165, 1.54) is 64.0 Å². The Bertz CT molecular complexity index is 1720. The first-order valence-corrected chi connectivity index (χ1v) is 13.2. The van der Waals surface area contributed by atoms with Crippen LogP contribution in [0.5, 0.6) is 0 Å². The second kappa shape index (κ2) is 7.18. The molecule has 2 aromatic heterocycles. The first kappa shape index (κ1) is 20.3. The molecular formula is C31H22BrNS. The maximum atomic E-state index is 3.79. The minimum Gasteiger partial charge on any atom is -0.308 e. The van der Waals surface area contributed by atoms with E-state index in [1.807, 2.05) is 11.3 Å². The van der Waals surface area contributed by atoms with Crippen LogP contribution in [-0.2, 0) is 5.41 Å². The predicted molar refractivity (Wildman–Crippen MR) is 149 cm³/mol. The van der Waals surface area contributed by atoms with Crippen molar-refractivity contribution in [1.82, 2.24) is 4.57 Å². The molecule has 3 heteroatoms. The third kappa shape index (κ3) is 2.77. The summed E-state index contributed by atoms with van der Waals surface area (Å²) in [7, 11) is 0. The SMILES string of the molecule is CC1(C)c2sc(Br)cc2-n2c3ccc(-c4ccccc4)cc3c3cc(-c4ccccc4)cc1c32. The maximum Gasteiger partial charge on any atom is 0.0723 e. The van der Waals surface area contributed by atoms with Gasteiger partial charge in [-0.05, 0) is 74.1 Å². The fourth-order valence-corrected chi connectivity index (χ4v) is 7.26. The lowest BCUT2D eigenvalue weighted by molar-refractivity contribution is 0.646. The summed E-state index contributed by atoms with van der Waals surface area (Å²) in [6, 6.07) is 35.5. The summed E-state index contributed by atoms with van der Waals surface area (Å²) in [5.74, 6) is 0. The Morgan fingerprint density at radius 1 is 0.676 bits per heavy atom. The van der Waals surface area contributed by atoms with Gasteiger partial charge in [-0.15, -0.1) is 11.3 Å². The smallest absolute Gasteiger partial charge is 0.0723 e. The summed E-state index contributed by atoms with van der Waals surface area (Å²) in [4.78, 5) is 1.41. The molecule has 3 heterocycles. The number of hydrogen-bond donors (Lipinski definition) is 0. The minimum absolute atomic E-state index is 0.0817. The molecule has 1 aliphatic rings. The van der Waals surface area contributed by atoms with Gasteiger partial charge in [-0.1, -0.05) is 80.6 Å². The third-order valence-electron chi connectivity index (χ3n) is 7.24. The average Bonchev–Trinajstić information content (AvgIpc) is 3.42. The van der Waals surface area contributed by atoms with E-state index in [0.29, 0.717) is 0 Å². The third-order valence-corrected chi connectivity index (χ3v) is 9.19. The number of rotatable bonds is 2. The van der Waals surface area contributed by atoms with E-state index >= 15 is 0 Å². The van der Waals surface area contributed by atoms with Crippen LogP contribution < -0.4 is 0 Å². The largest absolute Gasteiger partial charge is 0.308 e. The molecule has 7 rings (SSSR count). The first-order chi connectivity index (χ1) is 16.5. The molecule has 164 valence electrons. The first-order valence-electron chi connectivity index (χ1n) is 11.6. The van der Waals surface area contributed by atoms with Crippen LogP contribution in [-0.4, -0.2) is 4.57 Å². The van der Waals surface area contributed by atoms with Crippen molar-refractivity contribution in [2.75, 3.05) is 0 Å². The van der Waals surface area contributed by atoms with Crippen LogP contribution in [0.3, 0.4) is 0 Å². The number of fused-ring (bicyclic) bond motifs is 5. The Hall–Kier alpha value is -3.14. The minimum atomic E-state index is -0.0817. The summed E-state index contributed by atoms with van der Waals surface area (Å²) in [5, 5.41) is 2.63. The Labute approximate surface area is 211 Å². The highest BCUT2D eigenvalue weighted by Gasteiger charge is 2.37. The molecule has 0 saturated heterocycles. The topological polar surface area (TPSA) is 4.93 Å². The van der Waals surface area contributed by atoms with Crippen LogP contribution in [0, 0.1) is 0 Å². The van der Waals surface area contributed by atoms with Crippen LogP contribution >= 0.6 is 27.3 Å². The lowest BCUT2D eigenvalue weighted by Gasteiger charge is -2.32. The molecule has 0 amide bonds. The summed E-state index contributed by atoms with van der Waals surface area (Å²) in [6.45, 7) is 4.74. The summed E-state index contributed by atoms with van der Waals surface area (Å²) < 4.78 is 3.67. The van der Waals surface area contributed by atoms with Crippen molar-refractivity contribution in [3.8, 4) is 27.9 Å². The fourth-order valence-electron chi connectivity index (χ4n) is 5.57. The van der Waals surface area contributed by atoms with Gasteiger partial charge < -0.3 is 4.57 Å². The lowest BCUT2D eigenvalue weighted by Crippen LogP contribution is -2.24. The number of thiophene rings is 1. The summed E-state index contributed by atoms with van der Waals surface area (Å²) in [5.41, 5.74) is 10.3. The second-order valence-electron chi connectivity index (χ2n) is 9.61. The van der Waals surface area contributed by atoms with Gasteiger partial charge in [-0.3, -0.25) is 0 Å². The molecule has 34 heavy (non-hydrogen) atoms. The van der Waals surface area contributed by atoms with E-state index in [4.69, 9.17) is 0 Å². The highest BCUT2D eigenvalue weighted by atomic mass is 79.9. The van der Waals surface area contributed by atoms with Crippen LogP contribution in [0.1, 0.15) is 24.3 Å². The highest BCUT2D eigenvalue weighted by Crippen LogP contribution is 2.52. The Morgan fingerprint density at radius 2 is 1.32 bits per heavy atom. The van der Waals surface area contributed by atoms with Gasteiger partial charge in [0.1, 0.15) is 0 Å². The van der Waals surface area contributed by atoms with Gasteiger partial charge in [0, 0.05) is 21.1 Å². The summed E-state index contributed by atoms with van der Waals surface area (Å²) >= 11 is 5.64. The molecule has 1 nitrogen and oxygen atoms in total. The Kier molecular flexibility index (Phi) is 4.28. The van der Waals surface area contributed by atoms with Crippen LogP contribution in [0.15, 0.2) is 101 Å². The molecule has 0 spiro atoms. The number of hydrogen-bond acceptors (Lipinski definition) is 1. The van der Waals surface area contributed by atoms with Crippen molar-refractivity contribution in [1.29, 1.82) is 0 Å². The molecule has 0 saturated carbocycles. The highest BCUT2D eigenvalue weighted by molar-refractivity contribution is 9.11. The molecule has 0 N–H and O–H groups in total. The number of aromatic nitrogens is 1. The molecule has 0 radical (unpaired) electrons. The molecular weight excluding hydrogens is 498 g/mol. The van der Waals surface area contributed by atoms with Crippen LogP contribution in [0.2, 0.25) is 0 Å². The van der Waals surface area contributed by atoms with E-state index in [9.17, 15) is 0 Å². The maximum absolute atomic E-state index is 3.79. The molecule has 0 atom stereocenters. The molecule has 0 bridgehead atoms. The van der Waals surface area contributed by atoms with Gasteiger partial charge in [0.15, 0.2) is 0 Å². The van der Waals surface area contributed by atoms with Gasteiger partial charge in [-0.2, -0.15) is 0 Å². The number of halogens is 1. The Balaban J connectivity index is 1.65. The molecule has 0 unspecified atom stereocenters. The second-order valence-corrected chi connectivity index (χ2v) is 12.0. The van der Waals surface area contributed by atoms with Crippen molar-refractivity contribution < 1.29 is 0 Å².